The molecule has 256 valence electrons. The molecular formula is C33H44N4O10. The molecule has 1 aliphatic rings. The smallest absolute Gasteiger partial charge is 0.336 e. The van der Waals surface area contributed by atoms with Gasteiger partial charge in [-0.3, -0.25) is 24.8 Å². The monoisotopic (exact) mass is 656 g/mol. The number of esters is 1. The van der Waals surface area contributed by atoms with E-state index in [0.29, 0.717) is 23.7 Å². The van der Waals surface area contributed by atoms with Gasteiger partial charge in [-0.15, -0.1) is 0 Å². The molecule has 0 saturated carbocycles. The number of aliphatic hydroxyl groups is 1. The Morgan fingerprint density at radius 2 is 1.83 bits per heavy atom. The van der Waals surface area contributed by atoms with Gasteiger partial charge in [0.25, 0.3) is 5.69 Å². The average Bonchev–Trinajstić information content (AvgIpc) is 3.02. The largest absolute Gasteiger partial charge is 0.493 e. The van der Waals surface area contributed by atoms with E-state index < -0.39 is 40.3 Å². The summed E-state index contributed by atoms with van der Waals surface area (Å²) in [6.07, 6.45) is -0.824. The van der Waals surface area contributed by atoms with Gasteiger partial charge in [0.05, 0.1) is 29.9 Å². The number of nitrogens with zero attached hydrogens (tertiary/aromatic N) is 3. The summed E-state index contributed by atoms with van der Waals surface area (Å²) in [5, 5.41) is 35.7. The van der Waals surface area contributed by atoms with Crippen LogP contribution in [0.4, 0.5) is 5.69 Å². The number of para-hydroxylation sites is 2. The quantitative estimate of drug-likeness (QED) is 0.0925. The molecule has 3 rings (SSSR count). The van der Waals surface area contributed by atoms with E-state index in [1.807, 2.05) is 37.9 Å². The zero-order valence-corrected chi connectivity index (χ0v) is 27.6. The fourth-order valence-electron chi connectivity index (χ4n) is 5.52. The molecule has 0 spiro atoms. The first-order valence-corrected chi connectivity index (χ1v) is 15.1. The number of carbonyl (C=O) groups is 2. The number of nitro groups is 1. The first-order valence-electron chi connectivity index (χ1n) is 15.1. The molecule has 0 fully saturated rings. The van der Waals surface area contributed by atoms with Crippen molar-refractivity contribution < 1.29 is 43.7 Å². The number of hydrogen-bond donors (Lipinski definition) is 3. The number of aliphatic imine (C=N–C) groups is 1. The molecule has 3 N–H and O–H groups in total. The molecule has 1 heterocycles. The Labute approximate surface area is 274 Å². The van der Waals surface area contributed by atoms with Gasteiger partial charge < -0.3 is 34.5 Å². The number of aliphatic carboxylic acids is 1. The van der Waals surface area contributed by atoms with Crippen molar-refractivity contribution in [3.8, 4) is 11.5 Å². The first-order chi connectivity index (χ1) is 22.3. The highest BCUT2D eigenvalue weighted by molar-refractivity contribution is 6.06. The number of benzene rings is 2. The van der Waals surface area contributed by atoms with Crippen molar-refractivity contribution in [2.45, 2.75) is 38.3 Å². The maximum atomic E-state index is 13.6. The van der Waals surface area contributed by atoms with Crippen molar-refractivity contribution in [3.63, 3.8) is 0 Å². The highest BCUT2D eigenvalue weighted by Crippen LogP contribution is 2.41. The second-order valence-corrected chi connectivity index (χ2v) is 11.9. The molecule has 14 nitrogen and oxygen atoms in total. The molecule has 0 saturated heterocycles. The SMILES string of the molecule is COCCOC(=O)C1=C(CN(C)CC(C)(C)NCC(O)COc2ccccc2OC)N=C(C)C(C(=O)O)C1c1cccc([N+](=O)[O-])c1. The summed E-state index contributed by atoms with van der Waals surface area (Å²) in [6.45, 7) is 6.34. The summed E-state index contributed by atoms with van der Waals surface area (Å²) in [5.41, 5.74) is 0.0768. The third-order valence-electron chi connectivity index (χ3n) is 7.56. The second kappa shape index (κ2) is 17.0. The van der Waals surface area contributed by atoms with Crippen LogP contribution < -0.4 is 14.8 Å². The molecule has 0 aromatic heterocycles. The number of carbonyl (C=O) groups excluding carboxylic acids is 1. The van der Waals surface area contributed by atoms with Crippen LogP contribution in [0.3, 0.4) is 0 Å². The fraction of sp³-hybridized carbons (Fsp3) is 0.485. The van der Waals surface area contributed by atoms with E-state index in [4.69, 9.17) is 18.9 Å². The molecular weight excluding hydrogens is 612 g/mol. The van der Waals surface area contributed by atoms with Crippen LogP contribution in [0.15, 0.2) is 64.8 Å². The summed E-state index contributed by atoms with van der Waals surface area (Å²) in [4.78, 5) is 43.6. The number of carboxylic acid groups (broad SMARTS) is 1. The Morgan fingerprint density at radius 3 is 2.47 bits per heavy atom. The normalized spacial score (nSPS) is 17.2. The average molecular weight is 657 g/mol. The highest BCUT2D eigenvalue weighted by atomic mass is 16.6. The third kappa shape index (κ3) is 10.3. The van der Waals surface area contributed by atoms with Crippen molar-refractivity contribution in [3.05, 3.63) is 75.5 Å². The van der Waals surface area contributed by atoms with Crippen LogP contribution in [-0.2, 0) is 19.1 Å². The van der Waals surface area contributed by atoms with Gasteiger partial charge in [0.2, 0.25) is 0 Å². The number of likely N-dealkylation sites (N-methyl/N-ethyl adjacent to an activating group) is 1. The van der Waals surface area contributed by atoms with Crippen molar-refractivity contribution in [1.29, 1.82) is 0 Å². The molecule has 0 radical (unpaired) electrons. The Morgan fingerprint density at radius 1 is 1.13 bits per heavy atom. The lowest BCUT2D eigenvalue weighted by molar-refractivity contribution is -0.384. The predicted octanol–water partition coefficient (Wildman–Crippen LogP) is 3.05. The number of β-amino-alcohol motifs (C(OH)–C–C–N with tert-alkyl or cyclic N) is 1. The highest BCUT2D eigenvalue weighted by Gasteiger charge is 2.43. The zero-order chi connectivity index (χ0) is 34.7. The summed E-state index contributed by atoms with van der Waals surface area (Å²) in [7, 11) is 4.82. The first kappa shape index (κ1) is 37.1. The topological polar surface area (TPSA) is 182 Å². The number of aliphatic hydroxyl groups excluding tert-OH is 1. The number of methoxy groups -OCH3 is 2. The number of ether oxygens (including phenoxy) is 4. The lowest BCUT2D eigenvalue weighted by atomic mass is 9.75. The molecule has 3 atom stereocenters. The molecule has 0 aliphatic carbocycles. The molecule has 0 bridgehead atoms. The number of nitro benzene ring substituents is 1. The van der Waals surface area contributed by atoms with Crippen molar-refractivity contribution in [2.75, 3.05) is 60.7 Å². The van der Waals surface area contributed by atoms with Crippen LogP contribution in [0.5, 0.6) is 11.5 Å². The van der Waals surface area contributed by atoms with E-state index in [9.17, 15) is 29.9 Å². The van der Waals surface area contributed by atoms with Crippen molar-refractivity contribution >= 4 is 23.3 Å². The minimum Gasteiger partial charge on any atom is -0.493 e. The Balaban J connectivity index is 1.83. The van der Waals surface area contributed by atoms with Crippen molar-refractivity contribution in [2.24, 2.45) is 10.9 Å². The van der Waals surface area contributed by atoms with Gasteiger partial charge in [0.15, 0.2) is 11.5 Å². The maximum Gasteiger partial charge on any atom is 0.336 e. The van der Waals surface area contributed by atoms with E-state index >= 15 is 0 Å². The lowest BCUT2D eigenvalue weighted by Crippen LogP contribution is -2.51. The summed E-state index contributed by atoms with van der Waals surface area (Å²) < 4.78 is 21.5. The molecule has 1 aliphatic heterocycles. The van der Waals surface area contributed by atoms with E-state index in [0.717, 1.165) is 0 Å². The number of hydrogen-bond acceptors (Lipinski definition) is 12. The van der Waals surface area contributed by atoms with Gasteiger partial charge in [0.1, 0.15) is 25.2 Å². The standard InChI is InChI=1S/C33H44N4O10/c1-21-28(31(39)40)29(22-10-9-11-23(16-22)37(42)43)30(32(41)46-15-14-44-5)25(35-21)18-36(4)20-33(2,3)34-17-24(38)19-47-27-13-8-7-12-26(27)45-6/h7-13,16,24,28-29,34,38H,14-15,17-20H2,1-6H3,(H,39,40). The second-order valence-electron chi connectivity index (χ2n) is 11.9. The lowest BCUT2D eigenvalue weighted by Gasteiger charge is -2.35. The predicted molar refractivity (Wildman–Crippen MR) is 174 cm³/mol. The van der Waals surface area contributed by atoms with Crippen LogP contribution >= 0.6 is 0 Å². The number of carboxylic acids is 1. The Hall–Kier alpha value is -4.37. The maximum absolute atomic E-state index is 13.6. The molecule has 47 heavy (non-hydrogen) atoms. The molecule has 3 unspecified atom stereocenters. The van der Waals surface area contributed by atoms with Gasteiger partial charge in [-0.2, -0.15) is 0 Å². The van der Waals surface area contributed by atoms with Gasteiger partial charge in [-0.05, 0) is 45.5 Å². The van der Waals surface area contributed by atoms with Crippen molar-refractivity contribution in [1.82, 2.24) is 10.2 Å². The van der Waals surface area contributed by atoms with E-state index in [1.165, 1.54) is 25.3 Å². The van der Waals surface area contributed by atoms with Gasteiger partial charge >= 0.3 is 11.9 Å². The number of rotatable bonds is 18. The van der Waals surface area contributed by atoms with Crippen LogP contribution in [0.2, 0.25) is 0 Å². The van der Waals surface area contributed by atoms with E-state index in [-0.39, 0.29) is 55.4 Å². The summed E-state index contributed by atoms with van der Waals surface area (Å²) in [5.74, 6) is -3.26. The number of non-ortho nitro benzene ring substituents is 1. The van der Waals surface area contributed by atoms with Crippen LogP contribution in [-0.4, -0.2) is 110 Å². The van der Waals surface area contributed by atoms with Crippen LogP contribution in [0.25, 0.3) is 0 Å². The van der Waals surface area contributed by atoms with E-state index in [1.54, 1.807) is 32.2 Å². The van der Waals surface area contributed by atoms with Gasteiger partial charge in [-0.25, -0.2) is 4.79 Å². The number of nitrogens with one attached hydrogen (secondary N) is 1. The minimum atomic E-state index is -1.26. The fourth-order valence-corrected chi connectivity index (χ4v) is 5.52. The Kier molecular flexibility index (Phi) is 13.4. The third-order valence-corrected chi connectivity index (χ3v) is 7.56. The Bertz CT molecular complexity index is 1470. The molecule has 0 amide bonds. The summed E-state index contributed by atoms with van der Waals surface area (Å²) >= 11 is 0. The van der Waals surface area contributed by atoms with Gasteiger partial charge in [0, 0.05) is 56.0 Å². The van der Waals surface area contributed by atoms with Crippen LogP contribution in [0, 0.1) is 16.0 Å². The van der Waals surface area contributed by atoms with E-state index in [2.05, 4.69) is 10.3 Å². The molecule has 2 aromatic carbocycles. The van der Waals surface area contributed by atoms with Gasteiger partial charge in [-0.1, -0.05) is 24.3 Å². The minimum absolute atomic E-state index is 0.0149. The molecule has 2 aromatic rings. The zero-order valence-electron chi connectivity index (χ0n) is 27.6. The molecule has 14 heteroatoms. The van der Waals surface area contributed by atoms with Crippen LogP contribution in [0.1, 0.15) is 32.3 Å². The summed E-state index contributed by atoms with van der Waals surface area (Å²) in [6, 6.07) is 12.8.